The van der Waals surface area contributed by atoms with Crippen LogP contribution in [0.1, 0.15) is 24.0 Å². The summed E-state index contributed by atoms with van der Waals surface area (Å²) in [6.07, 6.45) is 0.223. The summed E-state index contributed by atoms with van der Waals surface area (Å²) in [5.41, 5.74) is 2.14. The lowest BCUT2D eigenvalue weighted by atomic mass is 10.3. The molecule has 0 saturated carbocycles. The number of anilines is 3. The molecule has 0 unspecified atom stereocenters. The molecule has 3 aromatic heterocycles. The number of aryl methyl sites for hydroxylation is 1. The van der Waals surface area contributed by atoms with Gasteiger partial charge in [-0.2, -0.15) is 0 Å². The van der Waals surface area contributed by atoms with E-state index in [-0.39, 0.29) is 24.7 Å². The van der Waals surface area contributed by atoms with Gasteiger partial charge in [0, 0.05) is 16.5 Å². The Bertz CT molecular complexity index is 970. The second kappa shape index (κ2) is 9.38. The minimum absolute atomic E-state index is 0.0916. The molecule has 146 valence electrons. The van der Waals surface area contributed by atoms with Crippen molar-refractivity contribution in [1.82, 2.24) is 15.0 Å². The summed E-state index contributed by atoms with van der Waals surface area (Å²) in [6, 6.07) is 5.69. The van der Waals surface area contributed by atoms with Gasteiger partial charge in [0.05, 0.1) is 30.8 Å². The largest absolute Gasteiger partial charge is 0.466 e. The average Bonchev–Trinajstić information content (AvgIpc) is 3.24. The van der Waals surface area contributed by atoms with Gasteiger partial charge in [0.1, 0.15) is 5.82 Å². The first-order valence-corrected chi connectivity index (χ1v) is 10.3. The van der Waals surface area contributed by atoms with Crippen LogP contribution in [0.2, 0.25) is 0 Å². The van der Waals surface area contributed by atoms with Crippen LogP contribution in [0.25, 0.3) is 0 Å². The van der Waals surface area contributed by atoms with E-state index >= 15 is 0 Å². The third-order valence-electron chi connectivity index (χ3n) is 3.45. The second-order valence-electron chi connectivity index (χ2n) is 5.78. The van der Waals surface area contributed by atoms with E-state index in [0.29, 0.717) is 34.1 Å². The summed E-state index contributed by atoms with van der Waals surface area (Å²) in [4.78, 5) is 36.7. The highest BCUT2D eigenvalue weighted by atomic mass is 32.1. The van der Waals surface area contributed by atoms with Crippen molar-refractivity contribution in [3.05, 3.63) is 46.0 Å². The van der Waals surface area contributed by atoms with Crippen LogP contribution in [0, 0.1) is 6.92 Å². The monoisotopic (exact) mass is 417 g/mol. The molecule has 0 saturated heterocycles. The van der Waals surface area contributed by atoms with Crippen LogP contribution in [0.15, 0.2) is 29.0 Å². The zero-order valence-corrected chi connectivity index (χ0v) is 17.0. The van der Waals surface area contributed by atoms with E-state index in [1.165, 1.54) is 22.7 Å². The third kappa shape index (κ3) is 5.83. The molecule has 10 heteroatoms. The highest BCUT2D eigenvalue weighted by Crippen LogP contribution is 2.21. The van der Waals surface area contributed by atoms with Crippen LogP contribution >= 0.6 is 22.7 Å². The van der Waals surface area contributed by atoms with Crippen LogP contribution in [0.3, 0.4) is 0 Å². The number of nitrogens with zero attached hydrogens (tertiary/aromatic N) is 3. The number of thiazole rings is 2. The highest BCUT2D eigenvalue weighted by Gasteiger charge is 2.12. The summed E-state index contributed by atoms with van der Waals surface area (Å²) in [5.74, 6) is 0.154. The normalized spacial score (nSPS) is 10.5. The number of rotatable bonds is 8. The Labute approximate surface area is 170 Å². The molecule has 0 spiro atoms. The maximum absolute atomic E-state index is 12.2. The van der Waals surface area contributed by atoms with Crippen molar-refractivity contribution in [2.24, 2.45) is 0 Å². The number of pyridine rings is 1. The predicted molar refractivity (Wildman–Crippen MR) is 109 cm³/mol. The van der Waals surface area contributed by atoms with Gasteiger partial charge in [-0.3, -0.25) is 9.59 Å². The minimum atomic E-state index is -0.337. The summed E-state index contributed by atoms with van der Waals surface area (Å²) in [7, 11) is 0. The van der Waals surface area contributed by atoms with E-state index in [1.54, 1.807) is 12.3 Å². The molecule has 0 fully saturated rings. The molecule has 3 aromatic rings. The maximum atomic E-state index is 12.2. The van der Waals surface area contributed by atoms with Crippen molar-refractivity contribution in [3.63, 3.8) is 0 Å². The van der Waals surface area contributed by atoms with E-state index in [9.17, 15) is 9.59 Å². The molecule has 28 heavy (non-hydrogen) atoms. The first kappa shape index (κ1) is 19.9. The molecular formula is C18H19N5O3S2. The smallest absolute Gasteiger partial charge is 0.311 e. The molecule has 2 N–H and O–H groups in total. The summed E-state index contributed by atoms with van der Waals surface area (Å²) in [6.45, 7) is 4.00. The quantitative estimate of drug-likeness (QED) is 0.542. The number of nitrogens with one attached hydrogen (secondary N) is 2. The summed E-state index contributed by atoms with van der Waals surface area (Å²) < 4.78 is 4.89. The van der Waals surface area contributed by atoms with Crippen molar-refractivity contribution in [3.8, 4) is 0 Å². The van der Waals surface area contributed by atoms with E-state index in [2.05, 4.69) is 25.6 Å². The Hall–Kier alpha value is -2.85. The number of carbonyl (C=O) groups is 2. The number of esters is 1. The lowest BCUT2D eigenvalue weighted by Crippen LogP contribution is -2.14. The van der Waals surface area contributed by atoms with Gasteiger partial charge < -0.3 is 15.4 Å². The van der Waals surface area contributed by atoms with Crippen molar-refractivity contribution in [2.75, 3.05) is 17.2 Å². The Balaban J connectivity index is 1.52. The minimum Gasteiger partial charge on any atom is -0.466 e. The van der Waals surface area contributed by atoms with Crippen LogP contribution < -0.4 is 10.6 Å². The maximum Gasteiger partial charge on any atom is 0.311 e. The van der Waals surface area contributed by atoms with Gasteiger partial charge in [-0.15, -0.1) is 22.7 Å². The first-order chi connectivity index (χ1) is 13.5. The molecule has 0 bridgehead atoms. The fourth-order valence-corrected chi connectivity index (χ4v) is 3.74. The molecule has 8 nitrogen and oxygen atoms in total. The SMILES string of the molecule is CCOC(=O)Cc1csc(NC(=O)Cc2csc(Nc3cccc(C)n3)n2)n1. The zero-order chi connectivity index (χ0) is 19.9. The van der Waals surface area contributed by atoms with Crippen LogP contribution in [-0.4, -0.2) is 33.4 Å². The van der Waals surface area contributed by atoms with Crippen molar-refractivity contribution < 1.29 is 14.3 Å². The average molecular weight is 418 g/mol. The van der Waals surface area contributed by atoms with Gasteiger partial charge in [-0.1, -0.05) is 6.07 Å². The molecule has 0 radical (unpaired) electrons. The second-order valence-corrected chi connectivity index (χ2v) is 7.50. The van der Waals surface area contributed by atoms with Crippen LogP contribution in [0.5, 0.6) is 0 Å². The standard InChI is InChI=1S/C18H19N5O3S2/c1-3-26-16(25)8-13-10-28-18(21-13)23-15(24)7-12-9-27-17(20-12)22-14-6-4-5-11(2)19-14/h4-6,9-10H,3,7-8H2,1-2H3,(H,19,20,22)(H,21,23,24). The molecule has 0 atom stereocenters. The van der Waals surface area contributed by atoms with Gasteiger partial charge in [0.2, 0.25) is 5.91 Å². The topological polar surface area (TPSA) is 106 Å². The zero-order valence-electron chi connectivity index (χ0n) is 15.4. The predicted octanol–water partition coefficient (Wildman–Crippen LogP) is 3.33. The van der Waals surface area contributed by atoms with Crippen molar-refractivity contribution in [2.45, 2.75) is 26.7 Å². The van der Waals surface area contributed by atoms with Crippen molar-refractivity contribution in [1.29, 1.82) is 0 Å². The molecule has 3 rings (SSSR count). The first-order valence-electron chi connectivity index (χ1n) is 8.57. The Kier molecular flexibility index (Phi) is 6.66. The van der Waals surface area contributed by atoms with Crippen molar-refractivity contribution >= 4 is 50.6 Å². The highest BCUT2D eigenvalue weighted by molar-refractivity contribution is 7.14. The van der Waals surface area contributed by atoms with E-state index < -0.39 is 0 Å². The number of ether oxygens (including phenoxy) is 1. The van der Waals surface area contributed by atoms with Gasteiger partial charge in [0.15, 0.2) is 10.3 Å². The lowest BCUT2D eigenvalue weighted by molar-refractivity contribution is -0.142. The summed E-state index contributed by atoms with van der Waals surface area (Å²) in [5, 5.41) is 10.5. The van der Waals surface area contributed by atoms with E-state index in [1.807, 2.05) is 30.5 Å². The molecule has 0 aliphatic carbocycles. The number of amides is 1. The number of aromatic nitrogens is 3. The molecular weight excluding hydrogens is 398 g/mol. The summed E-state index contributed by atoms with van der Waals surface area (Å²) >= 11 is 2.68. The van der Waals surface area contributed by atoms with Gasteiger partial charge >= 0.3 is 5.97 Å². The number of carbonyl (C=O) groups excluding carboxylic acids is 2. The molecule has 0 aromatic carbocycles. The van der Waals surface area contributed by atoms with Gasteiger partial charge in [0.25, 0.3) is 0 Å². The van der Waals surface area contributed by atoms with Crippen LogP contribution in [-0.2, 0) is 27.2 Å². The Morgan fingerprint density at radius 2 is 1.75 bits per heavy atom. The lowest BCUT2D eigenvalue weighted by Gasteiger charge is -2.02. The third-order valence-corrected chi connectivity index (χ3v) is 5.06. The van der Waals surface area contributed by atoms with Gasteiger partial charge in [-0.25, -0.2) is 15.0 Å². The Morgan fingerprint density at radius 1 is 1.04 bits per heavy atom. The number of hydrogen-bond acceptors (Lipinski definition) is 9. The Morgan fingerprint density at radius 3 is 2.50 bits per heavy atom. The van der Waals surface area contributed by atoms with Gasteiger partial charge in [-0.05, 0) is 26.0 Å². The van der Waals surface area contributed by atoms with E-state index in [0.717, 1.165) is 5.69 Å². The number of hydrogen-bond donors (Lipinski definition) is 2. The molecule has 0 aliphatic rings. The molecule has 3 heterocycles. The molecule has 1 amide bonds. The van der Waals surface area contributed by atoms with E-state index in [4.69, 9.17) is 4.74 Å². The van der Waals surface area contributed by atoms with Crippen LogP contribution in [0.4, 0.5) is 16.1 Å². The fraction of sp³-hybridized carbons (Fsp3) is 0.278. The fourth-order valence-electron chi connectivity index (χ4n) is 2.30. The molecule has 0 aliphatic heterocycles.